The molecule has 5 nitrogen and oxygen atoms in total. The Balaban J connectivity index is 1.63. The molecule has 0 saturated carbocycles. The summed E-state index contributed by atoms with van der Waals surface area (Å²) in [4.78, 5) is 21.0. The quantitative estimate of drug-likeness (QED) is 0.799. The standard InChI is InChI=1S/C18H16Cl2FN3O2/c1-8-4-9(2-3-22-8)14-13-6-12(21)16(26-13)15(14)18(25)24-10-5-11(19)17(20)23-7-10/h2-5,7,12-16H,6H2,1H3,(H,24,25)/t12-,13+,14+,15-,16-/m1/s1. The Morgan fingerprint density at radius 3 is 2.88 bits per heavy atom. The molecule has 2 aliphatic heterocycles. The highest BCUT2D eigenvalue weighted by atomic mass is 35.5. The van der Waals surface area contributed by atoms with Gasteiger partial charge in [0, 0.05) is 24.2 Å². The van der Waals surface area contributed by atoms with Crippen molar-refractivity contribution >= 4 is 34.8 Å². The van der Waals surface area contributed by atoms with Crippen molar-refractivity contribution in [1.82, 2.24) is 9.97 Å². The first-order valence-electron chi connectivity index (χ1n) is 8.28. The zero-order valence-corrected chi connectivity index (χ0v) is 15.3. The number of nitrogens with zero attached hydrogens (tertiary/aromatic N) is 2. The second kappa shape index (κ2) is 6.76. The molecule has 5 atom stereocenters. The van der Waals surface area contributed by atoms with Crippen LogP contribution in [0.15, 0.2) is 30.6 Å². The van der Waals surface area contributed by atoms with Gasteiger partial charge in [0.15, 0.2) is 0 Å². The Hall–Kier alpha value is -1.76. The van der Waals surface area contributed by atoms with Crippen LogP contribution in [0.3, 0.4) is 0 Å². The zero-order chi connectivity index (χ0) is 18.4. The van der Waals surface area contributed by atoms with Gasteiger partial charge >= 0.3 is 0 Å². The molecule has 0 aromatic carbocycles. The lowest BCUT2D eigenvalue weighted by molar-refractivity contribution is -0.122. The third-order valence-electron chi connectivity index (χ3n) is 4.96. The van der Waals surface area contributed by atoms with E-state index in [1.807, 2.05) is 19.1 Å². The molecule has 2 fully saturated rings. The fourth-order valence-electron chi connectivity index (χ4n) is 3.90. The van der Waals surface area contributed by atoms with Gasteiger partial charge in [0.1, 0.15) is 17.4 Å². The molecular formula is C18H16Cl2FN3O2. The smallest absolute Gasteiger partial charge is 0.230 e. The highest BCUT2D eigenvalue weighted by Crippen LogP contribution is 2.50. The van der Waals surface area contributed by atoms with Gasteiger partial charge in [-0.05, 0) is 30.7 Å². The Kier molecular flexibility index (Phi) is 4.59. The van der Waals surface area contributed by atoms with Crippen LogP contribution in [0.1, 0.15) is 23.6 Å². The van der Waals surface area contributed by atoms with Crippen LogP contribution in [-0.4, -0.2) is 34.3 Å². The number of fused-ring (bicyclic) bond motifs is 2. The van der Waals surface area contributed by atoms with Gasteiger partial charge in [0.2, 0.25) is 5.91 Å². The van der Waals surface area contributed by atoms with Crippen LogP contribution in [0.25, 0.3) is 0 Å². The first kappa shape index (κ1) is 17.6. The second-order valence-corrected chi connectivity index (χ2v) is 7.42. The Morgan fingerprint density at radius 1 is 1.35 bits per heavy atom. The van der Waals surface area contributed by atoms with E-state index in [0.717, 1.165) is 11.3 Å². The molecule has 1 amide bonds. The monoisotopic (exact) mass is 395 g/mol. The normalized spacial score (nSPS) is 29.8. The van der Waals surface area contributed by atoms with Crippen LogP contribution in [0.5, 0.6) is 0 Å². The number of nitrogens with one attached hydrogen (secondary N) is 1. The van der Waals surface area contributed by atoms with Gasteiger partial charge in [-0.15, -0.1) is 0 Å². The van der Waals surface area contributed by atoms with E-state index in [0.29, 0.717) is 12.1 Å². The third kappa shape index (κ3) is 3.06. The fraction of sp³-hybridized carbons (Fsp3) is 0.389. The number of alkyl halides is 1. The molecule has 2 bridgehead atoms. The van der Waals surface area contributed by atoms with Crippen molar-refractivity contribution in [3.05, 3.63) is 52.0 Å². The number of hydrogen-bond donors (Lipinski definition) is 1. The van der Waals surface area contributed by atoms with Gasteiger partial charge in [-0.3, -0.25) is 9.78 Å². The summed E-state index contributed by atoms with van der Waals surface area (Å²) < 4.78 is 20.1. The first-order valence-corrected chi connectivity index (χ1v) is 9.03. The molecule has 4 rings (SSSR count). The van der Waals surface area contributed by atoms with Crippen LogP contribution in [-0.2, 0) is 9.53 Å². The lowest BCUT2D eigenvalue weighted by Crippen LogP contribution is -2.41. The van der Waals surface area contributed by atoms with E-state index in [-0.39, 0.29) is 28.1 Å². The predicted molar refractivity (Wildman–Crippen MR) is 96.3 cm³/mol. The molecule has 2 aliphatic rings. The van der Waals surface area contributed by atoms with Crippen molar-refractivity contribution in [3.8, 4) is 0 Å². The minimum absolute atomic E-state index is 0.155. The lowest BCUT2D eigenvalue weighted by atomic mass is 9.74. The van der Waals surface area contributed by atoms with Crippen molar-refractivity contribution in [2.24, 2.45) is 5.92 Å². The van der Waals surface area contributed by atoms with E-state index in [9.17, 15) is 9.18 Å². The number of anilines is 1. The maximum absolute atomic E-state index is 14.3. The summed E-state index contributed by atoms with van der Waals surface area (Å²) >= 11 is 11.7. The Morgan fingerprint density at radius 2 is 2.15 bits per heavy atom. The molecule has 4 heterocycles. The molecule has 26 heavy (non-hydrogen) atoms. The van der Waals surface area contributed by atoms with Crippen molar-refractivity contribution in [3.63, 3.8) is 0 Å². The van der Waals surface area contributed by atoms with E-state index in [4.69, 9.17) is 27.9 Å². The zero-order valence-electron chi connectivity index (χ0n) is 13.8. The minimum atomic E-state index is -1.15. The maximum atomic E-state index is 14.3. The van der Waals surface area contributed by atoms with Crippen molar-refractivity contribution in [2.75, 3.05) is 5.32 Å². The molecule has 0 radical (unpaired) electrons. The van der Waals surface area contributed by atoms with E-state index in [2.05, 4.69) is 15.3 Å². The fourth-order valence-corrected chi connectivity index (χ4v) is 4.17. The summed E-state index contributed by atoms with van der Waals surface area (Å²) in [5.74, 6) is -1.18. The molecule has 0 spiro atoms. The molecular weight excluding hydrogens is 380 g/mol. The lowest BCUT2D eigenvalue weighted by Gasteiger charge is -2.29. The van der Waals surface area contributed by atoms with Crippen molar-refractivity contribution in [2.45, 2.75) is 37.6 Å². The van der Waals surface area contributed by atoms with Gasteiger partial charge in [-0.25, -0.2) is 9.37 Å². The van der Waals surface area contributed by atoms with Crippen molar-refractivity contribution < 1.29 is 13.9 Å². The number of amides is 1. The van der Waals surface area contributed by atoms with E-state index in [1.54, 1.807) is 6.20 Å². The summed E-state index contributed by atoms with van der Waals surface area (Å²) in [5.41, 5.74) is 2.19. The number of halogens is 3. The van der Waals surface area contributed by atoms with E-state index >= 15 is 0 Å². The van der Waals surface area contributed by atoms with Crippen LogP contribution in [0, 0.1) is 12.8 Å². The predicted octanol–water partition coefficient (Wildman–Crippen LogP) is 3.94. The third-order valence-corrected chi connectivity index (χ3v) is 5.65. The van der Waals surface area contributed by atoms with Crippen LogP contribution >= 0.6 is 23.2 Å². The van der Waals surface area contributed by atoms with Gasteiger partial charge in [-0.2, -0.15) is 0 Å². The summed E-state index contributed by atoms with van der Waals surface area (Å²) in [7, 11) is 0. The molecule has 2 aromatic heterocycles. The van der Waals surface area contributed by atoms with Gasteiger partial charge in [0.25, 0.3) is 0 Å². The van der Waals surface area contributed by atoms with E-state index in [1.165, 1.54) is 12.3 Å². The number of carbonyl (C=O) groups is 1. The highest BCUT2D eigenvalue weighted by Gasteiger charge is 2.57. The topological polar surface area (TPSA) is 64.1 Å². The summed E-state index contributed by atoms with van der Waals surface area (Å²) in [5, 5.41) is 3.15. The van der Waals surface area contributed by atoms with Crippen LogP contribution < -0.4 is 5.32 Å². The molecule has 8 heteroatoms. The number of aromatic nitrogens is 2. The molecule has 2 saturated heterocycles. The van der Waals surface area contributed by atoms with Gasteiger partial charge in [-0.1, -0.05) is 23.2 Å². The molecule has 136 valence electrons. The Labute approximate surface area is 159 Å². The van der Waals surface area contributed by atoms with Crippen LogP contribution in [0.2, 0.25) is 10.2 Å². The first-order chi connectivity index (χ1) is 12.4. The van der Waals surface area contributed by atoms with E-state index < -0.39 is 18.2 Å². The molecule has 2 aromatic rings. The molecule has 0 aliphatic carbocycles. The van der Waals surface area contributed by atoms with Gasteiger partial charge < -0.3 is 10.1 Å². The summed E-state index contributed by atoms with van der Waals surface area (Å²) in [6, 6.07) is 5.29. The van der Waals surface area contributed by atoms with Crippen molar-refractivity contribution in [1.29, 1.82) is 0 Å². The minimum Gasteiger partial charge on any atom is -0.370 e. The SMILES string of the molecule is Cc1cc([C@@H]2[C@@H](C(=O)Nc3cnc(Cl)c(Cl)c3)[C@@H]3O[C@H]2C[C@H]3F)ccn1. The maximum Gasteiger partial charge on any atom is 0.230 e. The summed E-state index contributed by atoms with van der Waals surface area (Å²) in [6.45, 7) is 1.88. The largest absolute Gasteiger partial charge is 0.370 e. The Bertz CT molecular complexity index is 866. The molecule has 0 unspecified atom stereocenters. The number of aryl methyl sites for hydroxylation is 1. The highest BCUT2D eigenvalue weighted by molar-refractivity contribution is 6.41. The van der Waals surface area contributed by atoms with Gasteiger partial charge in [0.05, 0.1) is 28.9 Å². The van der Waals surface area contributed by atoms with Crippen LogP contribution in [0.4, 0.5) is 10.1 Å². The number of pyridine rings is 2. The number of hydrogen-bond acceptors (Lipinski definition) is 4. The number of rotatable bonds is 3. The number of carbonyl (C=O) groups excluding carboxylic acids is 1. The molecule has 1 N–H and O–H groups in total. The average molecular weight is 396 g/mol. The summed E-state index contributed by atoms with van der Waals surface area (Å²) in [6.07, 6.45) is 1.19. The number of ether oxygens (including phenoxy) is 1. The second-order valence-electron chi connectivity index (χ2n) is 6.66. The average Bonchev–Trinajstić information content (AvgIpc) is 3.15.